The van der Waals surface area contributed by atoms with Crippen LogP contribution in [0.15, 0.2) is 36.8 Å². The van der Waals surface area contributed by atoms with Crippen LogP contribution >= 0.6 is 11.3 Å². The highest BCUT2D eigenvalue weighted by Gasteiger charge is 2.23. The van der Waals surface area contributed by atoms with Crippen molar-refractivity contribution < 1.29 is 33.3 Å². The van der Waals surface area contributed by atoms with Crippen LogP contribution in [0.4, 0.5) is 14.9 Å². The summed E-state index contributed by atoms with van der Waals surface area (Å²) in [5.41, 5.74) is 3.46. The maximum absolute atomic E-state index is 15.0. The number of nitrogens with one attached hydrogen (secondary N) is 2. The number of methoxy groups -OCH3 is 1. The number of rotatable bonds is 10. The highest BCUT2D eigenvalue weighted by atomic mass is 32.1. The molecule has 2 amide bonds. The van der Waals surface area contributed by atoms with Gasteiger partial charge in [0.25, 0.3) is 11.8 Å². The molecule has 3 atom stereocenters. The van der Waals surface area contributed by atoms with Crippen molar-refractivity contribution in [1.29, 1.82) is 0 Å². The lowest BCUT2D eigenvalue weighted by atomic mass is 10.1. The molecule has 0 unspecified atom stereocenters. The highest BCUT2D eigenvalue weighted by molar-refractivity contribution is 7.21. The van der Waals surface area contributed by atoms with Crippen molar-refractivity contribution in [2.45, 2.75) is 46.0 Å². The molecule has 4 heterocycles. The largest absolute Gasteiger partial charge is 0.480 e. The monoisotopic (exact) mass is 636 g/mol. The van der Waals surface area contributed by atoms with E-state index in [0.717, 1.165) is 11.1 Å². The van der Waals surface area contributed by atoms with Gasteiger partial charge in [-0.1, -0.05) is 11.3 Å². The number of aromatic nitrogens is 6. The van der Waals surface area contributed by atoms with Gasteiger partial charge in [0, 0.05) is 18.2 Å². The Labute approximate surface area is 260 Å². The van der Waals surface area contributed by atoms with Crippen molar-refractivity contribution >= 4 is 50.4 Å². The Bertz CT molecular complexity index is 1870. The third-order valence-electron chi connectivity index (χ3n) is 6.42. The molecule has 0 saturated carbocycles. The van der Waals surface area contributed by atoms with Crippen LogP contribution in [0.1, 0.15) is 37.0 Å². The smallest absolute Gasteiger partial charge is 0.412 e. The second-order valence-corrected chi connectivity index (χ2v) is 11.1. The van der Waals surface area contributed by atoms with Crippen molar-refractivity contribution in [3.05, 3.63) is 54.0 Å². The van der Waals surface area contributed by atoms with Gasteiger partial charge < -0.3 is 24.6 Å². The van der Waals surface area contributed by atoms with Crippen molar-refractivity contribution in [2.24, 2.45) is 0 Å². The summed E-state index contributed by atoms with van der Waals surface area (Å²) in [4.78, 5) is 50.5. The molecule has 1 aromatic carbocycles. The number of pyridine rings is 1. The van der Waals surface area contributed by atoms with Gasteiger partial charge in [-0.2, -0.15) is 4.98 Å². The molecule has 0 fully saturated rings. The highest BCUT2D eigenvalue weighted by Crippen LogP contribution is 2.35. The molecule has 0 radical (unpaired) electrons. The maximum Gasteiger partial charge on any atom is 0.412 e. The molecule has 234 valence electrons. The number of carbonyl (C=O) groups is 2. The van der Waals surface area contributed by atoms with E-state index in [9.17, 15) is 14.7 Å². The number of ether oxygens (including phenoxy) is 3. The Morgan fingerprint density at radius 1 is 1.00 bits per heavy atom. The minimum absolute atomic E-state index is 0.0436. The van der Waals surface area contributed by atoms with Gasteiger partial charge in [-0.05, 0) is 45.4 Å². The van der Waals surface area contributed by atoms with Gasteiger partial charge in [0.2, 0.25) is 11.7 Å². The van der Waals surface area contributed by atoms with Crippen LogP contribution in [-0.2, 0) is 4.74 Å². The van der Waals surface area contributed by atoms with Crippen molar-refractivity contribution in [3.63, 3.8) is 0 Å². The summed E-state index contributed by atoms with van der Waals surface area (Å²) in [5, 5.41) is 14.8. The summed E-state index contributed by atoms with van der Waals surface area (Å²) < 4.78 is 31.4. The fourth-order valence-electron chi connectivity index (χ4n) is 4.05. The maximum atomic E-state index is 15.0. The third kappa shape index (κ3) is 7.35. The normalized spacial score (nSPS) is 13.2. The summed E-state index contributed by atoms with van der Waals surface area (Å²) in [6.07, 6.45) is 0.822. The van der Waals surface area contributed by atoms with E-state index in [-0.39, 0.29) is 23.9 Å². The quantitative estimate of drug-likeness (QED) is 0.200. The number of anilines is 1. The zero-order chi connectivity index (χ0) is 32.2. The predicted molar refractivity (Wildman–Crippen MR) is 163 cm³/mol. The molecule has 5 rings (SSSR count). The zero-order valence-corrected chi connectivity index (χ0v) is 25.7. The summed E-state index contributed by atoms with van der Waals surface area (Å²) in [5.74, 6) is -1.31. The standard InChI is InChI=1S/C29H29FN8O6S/c1-13-6-18(23-20(7-13)36-22(42-5)12-31-23)27-37-21-8-19(30)26(38-28(21)45-27)43-15(3)16(4)44-29(41)35-17-10-32-24(33-11-17)25(40)34-9-14(2)39/h6-8,10-12,14-16,39H,9H2,1-5H3,(H,34,40)(H,35,41)/t14-,15+,16-/m1/s1. The van der Waals surface area contributed by atoms with Crippen LogP contribution < -0.4 is 20.1 Å². The summed E-state index contributed by atoms with van der Waals surface area (Å²) in [7, 11) is 1.52. The Morgan fingerprint density at radius 2 is 1.76 bits per heavy atom. The first-order valence-electron chi connectivity index (χ1n) is 13.7. The number of benzene rings is 1. The summed E-state index contributed by atoms with van der Waals surface area (Å²) in [6, 6.07) is 5.06. The molecule has 14 nitrogen and oxygen atoms in total. The van der Waals surface area contributed by atoms with Crippen LogP contribution in [0.3, 0.4) is 0 Å². The van der Waals surface area contributed by atoms with Crippen molar-refractivity contribution in [3.8, 4) is 22.3 Å². The van der Waals surface area contributed by atoms with Crippen LogP contribution in [0, 0.1) is 12.7 Å². The lowest BCUT2D eigenvalue weighted by Gasteiger charge is -2.21. The number of fused-ring (bicyclic) bond motifs is 2. The molecule has 0 spiro atoms. The lowest BCUT2D eigenvalue weighted by molar-refractivity contribution is 0.0379. The number of nitrogens with zero attached hydrogens (tertiary/aromatic N) is 6. The Morgan fingerprint density at radius 3 is 2.47 bits per heavy atom. The molecule has 0 saturated heterocycles. The van der Waals surface area contributed by atoms with Crippen LogP contribution in [-0.4, -0.2) is 79.0 Å². The Kier molecular flexibility index (Phi) is 9.24. The molecule has 4 aromatic heterocycles. The average Bonchev–Trinajstić information content (AvgIpc) is 3.41. The molecule has 3 N–H and O–H groups in total. The van der Waals surface area contributed by atoms with E-state index >= 15 is 4.39 Å². The van der Waals surface area contributed by atoms with Crippen LogP contribution in [0.2, 0.25) is 0 Å². The second kappa shape index (κ2) is 13.3. The van der Waals surface area contributed by atoms with E-state index in [1.807, 2.05) is 19.1 Å². The number of amides is 2. The summed E-state index contributed by atoms with van der Waals surface area (Å²) in [6.45, 7) is 6.69. The van der Waals surface area contributed by atoms with Gasteiger partial charge in [-0.15, -0.1) is 0 Å². The van der Waals surface area contributed by atoms with Gasteiger partial charge in [0.1, 0.15) is 27.6 Å². The fourth-order valence-corrected chi connectivity index (χ4v) is 4.98. The third-order valence-corrected chi connectivity index (χ3v) is 7.42. The lowest BCUT2D eigenvalue weighted by Crippen LogP contribution is -2.33. The first kappa shape index (κ1) is 31.3. The predicted octanol–water partition coefficient (Wildman–Crippen LogP) is 4.06. The van der Waals surface area contributed by atoms with Crippen molar-refractivity contribution in [1.82, 2.24) is 35.2 Å². The van der Waals surface area contributed by atoms with E-state index in [4.69, 9.17) is 14.2 Å². The number of halogens is 1. The van der Waals surface area contributed by atoms with Gasteiger partial charge >= 0.3 is 6.09 Å². The van der Waals surface area contributed by atoms with E-state index < -0.39 is 36.1 Å². The topological polar surface area (TPSA) is 183 Å². The first-order chi connectivity index (χ1) is 21.5. The molecule has 45 heavy (non-hydrogen) atoms. The van der Waals surface area contributed by atoms with Gasteiger partial charge in [-0.25, -0.2) is 34.1 Å². The zero-order valence-electron chi connectivity index (χ0n) is 24.9. The van der Waals surface area contributed by atoms with E-state index in [1.165, 1.54) is 50.0 Å². The minimum atomic E-state index is -0.838. The molecule has 16 heteroatoms. The average molecular weight is 637 g/mol. The number of aryl methyl sites for hydroxylation is 1. The number of hydrogen-bond acceptors (Lipinski definition) is 13. The van der Waals surface area contributed by atoms with E-state index in [2.05, 4.69) is 40.5 Å². The van der Waals surface area contributed by atoms with Gasteiger partial charge in [-0.3, -0.25) is 10.1 Å². The molecule has 5 aromatic rings. The molecular weight excluding hydrogens is 607 g/mol. The number of aliphatic hydroxyl groups is 1. The fraction of sp³-hybridized carbons (Fsp3) is 0.310. The first-order valence-corrected chi connectivity index (χ1v) is 14.5. The molecule has 0 bridgehead atoms. The number of aliphatic hydroxyl groups excluding tert-OH is 1. The van der Waals surface area contributed by atoms with Gasteiger partial charge in [0.15, 0.2) is 5.82 Å². The minimum Gasteiger partial charge on any atom is -0.480 e. The molecule has 0 aliphatic heterocycles. The van der Waals surface area contributed by atoms with Crippen LogP contribution in [0.5, 0.6) is 11.8 Å². The Balaban J connectivity index is 1.24. The number of hydrogen-bond donors (Lipinski definition) is 3. The number of carbonyl (C=O) groups excluding carboxylic acids is 2. The van der Waals surface area contributed by atoms with E-state index in [0.29, 0.717) is 32.3 Å². The summed E-state index contributed by atoms with van der Waals surface area (Å²) >= 11 is 1.25. The van der Waals surface area contributed by atoms with Crippen LogP contribution in [0.25, 0.3) is 32.0 Å². The molecule has 0 aliphatic rings. The Hall–Kier alpha value is -5.09. The van der Waals surface area contributed by atoms with Crippen molar-refractivity contribution in [2.75, 3.05) is 19.0 Å². The van der Waals surface area contributed by atoms with E-state index in [1.54, 1.807) is 13.8 Å². The second-order valence-electron chi connectivity index (χ2n) is 10.1. The van der Waals surface area contributed by atoms with Gasteiger partial charge in [0.05, 0.1) is 48.5 Å². The molecular formula is C29H29FN8O6S. The number of thiazole rings is 1. The molecule has 0 aliphatic carbocycles. The SMILES string of the molecule is COc1cnc2c(-c3nc4cc(F)c(O[C@@H](C)[C@@H](C)OC(=O)Nc5cnc(C(=O)NC[C@@H](C)O)nc5)nc4s3)cc(C)cc2n1.